The smallest absolute Gasteiger partial charge is 0.127 e. The number of hydrogen-bond acceptors (Lipinski definition) is 5. The summed E-state index contributed by atoms with van der Waals surface area (Å²) >= 11 is 0. The fourth-order valence-corrected chi connectivity index (χ4v) is 3.28. The molecule has 0 aliphatic rings. The second-order valence-electron chi connectivity index (χ2n) is 7.31. The Hall–Kier alpha value is -3.38. The molecule has 168 valence electrons. The molecule has 0 amide bonds. The average Bonchev–Trinajstić information content (AvgIpc) is 2.82. The zero-order valence-electron chi connectivity index (χ0n) is 18.3. The van der Waals surface area contributed by atoms with Crippen LogP contribution < -0.4 is 19.5 Å². The van der Waals surface area contributed by atoms with E-state index in [1.54, 1.807) is 19.2 Å². The Morgan fingerprint density at radius 2 is 1.66 bits per heavy atom. The number of carbonyl (C=O) groups excluding carboxylic acids is 1. The summed E-state index contributed by atoms with van der Waals surface area (Å²) in [5.41, 5.74) is 2.62. The molecule has 0 saturated heterocycles. The lowest BCUT2D eigenvalue weighted by Crippen LogP contribution is -2.24. The van der Waals surface area contributed by atoms with Gasteiger partial charge in [0, 0.05) is 25.1 Å². The third-order valence-electron chi connectivity index (χ3n) is 4.96. The maximum Gasteiger partial charge on any atom is 0.127 e. The molecule has 0 aromatic heterocycles. The van der Waals surface area contributed by atoms with Crippen LogP contribution in [0.3, 0.4) is 0 Å². The number of methoxy groups -OCH3 is 1. The fourth-order valence-electron chi connectivity index (χ4n) is 3.28. The molecule has 0 radical (unpaired) electrons. The third kappa shape index (κ3) is 6.82. The first kappa shape index (κ1) is 23.3. The first-order valence-corrected chi connectivity index (χ1v) is 10.6. The Bertz CT molecular complexity index is 1020. The van der Waals surface area contributed by atoms with Crippen molar-refractivity contribution in [2.75, 3.05) is 26.9 Å². The van der Waals surface area contributed by atoms with Gasteiger partial charge in [-0.05, 0) is 60.0 Å². The normalized spacial score (nSPS) is 11.6. The van der Waals surface area contributed by atoms with Gasteiger partial charge in [0.15, 0.2) is 0 Å². The van der Waals surface area contributed by atoms with Crippen LogP contribution in [-0.4, -0.2) is 33.2 Å². The van der Waals surface area contributed by atoms with Crippen LogP contribution in [0.1, 0.15) is 24.9 Å². The maximum atomic E-state index is 14.2. The van der Waals surface area contributed by atoms with Crippen molar-refractivity contribution in [1.29, 1.82) is 0 Å². The summed E-state index contributed by atoms with van der Waals surface area (Å²) in [5.74, 6) is 1.54. The van der Waals surface area contributed by atoms with E-state index in [9.17, 15) is 9.18 Å². The Morgan fingerprint density at radius 1 is 0.906 bits per heavy atom. The Kier molecular flexibility index (Phi) is 8.63. The molecule has 0 heterocycles. The van der Waals surface area contributed by atoms with Crippen molar-refractivity contribution in [3.8, 4) is 28.4 Å². The molecule has 1 N–H and O–H groups in total. The number of carbonyl (C=O) groups is 1. The summed E-state index contributed by atoms with van der Waals surface area (Å²) in [7, 11) is 1.65. The number of ether oxygens (including phenoxy) is 3. The quantitative estimate of drug-likeness (QED) is 0.312. The predicted octanol–water partition coefficient (Wildman–Crippen LogP) is 5.20. The van der Waals surface area contributed by atoms with E-state index >= 15 is 0 Å². The van der Waals surface area contributed by atoms with Crippen LogP contribution in [0.2, 0.25) is 0 Å². The molecule has 3 aromatic rings. The molecule has 0 saturated carbocycles. The molecule has 0 fully saturated rings. The molecular weight excluding hydrogens is 409 g/mol. The molecule has 6 heteroatoms. The highest BCUT2D eigenvalue weighted by molar-refractivity contribution is 5.66. The number of nitrogens with one attached hydrogen (secondary N) is 1. The van der Waals surface area contributed by atoms with Crippen LogP contribution in [0, 0.1) is 5.82 Å². The minimum Gasteiger partial charge on any atom is -0.497 e. The van der Waals surface area contributed by atoms with E-state index in [0.717, 1.165) is 23.2 Å². The Morgan fingerprint density at radius 3 is 2.47 bits per heavy atom. The van der Waals surface area contributed by atoms with Gasteiger partial charge in [-0.2, -0.15) is 0 Å². The second kappa shape index (κ2) is 11.9. The van der Waals surface area contributed by atoms with Crippen molar-refractivity contribution >= 4 is 6.29 Å². The van der Waals surface area contributed by atoms with E-state index in [1.807, 2.05) is 42.5 Å². The van der Waals surface area contributed by atoms with Gasteiger partial charge < -0.3 is 24.3 Å². The zero-order chi connectivity index (χ0) is 22.8. The summed E-state index contributed by atoms with van der Waals surface area (Å²) in [6.45, 7) is 3.38. The van der Waals surface area contributed by atoms with Crippen LogP contribution in [0.25, 0.3) is 11.1 Å². The minimum absolute atomic E-state index is 0.124. The van der Waals surface area contributed by atoms with Gasteiger partial charge in [0.1, 0.15) is 36.0 Å². The fraction of sp³-hybridized carbons (Fsp3) is 0.269. The van der Waals surface area contributed by atoms with Gasteiger partial charge in [-0.3, -0.25) is 0 Å². The monoisotopic (exact) mass is 437 g/mol. The van der Waals surface area contributed by atoms with Gasteiger partial charge in [-0.15, -0.1) is 0 Å². The number of hydrogen-bond donors (Lipinski definition) is 1. The van der Waals surface area contributed by atoms with Crippen LogP contribution in [-0.2, 0) is 4.79 Å². The number of halogens is 1. The molecule has 0 bridgehead atoms. The molecule has 0 aliphatic heterocycles. The van der Waals surface area contributed by atoms with Crippen LogP contribution in [0.15, 0.2) is 66.7 Å². The molecular formula is C26H28FNO4. The third-order valence-corrected chi connectivity index (χ3v) is 4.96. The summed E-state index contributed by atoms with van der Waals surface area (Å²) in [4.78, 5) is 10.5. The van der Waals surface area contributed by atoms with Gasteiger partial charge in [0.05, 0.1) is 13.7 Å². The first-order valence-electron chi connectivity index (χ1n) is 10.6. The maximum absolute atomic E-state index is 14.2. The van der Waals surface area contributed by atoms with E-state index in [1.165, 1.54) is 12.1 Å². The van der Waals surface area contributed by atoms with Gasteiger partial charge in [0.2, 0.25) is 0 Å². The van der Waals surface area contributed by atoms with Crippen molar-refractivity contribution in [2.45, 2.75) is 19.4 Å². The first-order chi connectivity index (χ1) is 15.6. The lowest BCUT2D eigenvalue weighted by molar-refractivity contribution is -0.108. The van der Waals surface area contributed by atoms with Gasteiger partial charge >= 0.3 is 0 Å². The number of benzene rings is 3. The van der Waals surface area contributed by atoms with Gasteiger partial charge in [-0.25, -0.2) is 4.39 Å². The van der Waals surface area contributed by atoms with E-state index < -0.39 is 0 Å². The highest BCUT2D eigenvalue weighted by Gasteiger charge is 2.08. The topological polar surface area (TPSA) is 56.8 Å². The zero-order valence-corrected chi connectivity index (χ0v) is 18.3. The summed E-state index contributed by atoms with van der Waals surface area (Å²) in [6, 6.07) is 20.0. The Labute approximate surface area is 188 Å². The predicted molar refractivity (Wildman–Crippen MR) is 123 cm³/mol. The lowest BCUT2D eigenvalue weighted by atomic mass is 10.0. The Balaban J connectivity index is 1.58. The standard InChI is InChI=1S/C26H28FNO4/c1-19(20-6-3-8-24(15-20)30-2)28-10-13-32-26-17-22(14-23(27)18-26)21-7-4-9-25(16-21)31-12-5-11-29/h3-4,6-9,11,14-19,28H,5,10,12-13H2,1-2H3/t19-/m1/s1. The van der Waals surface area contributed by atoms with Gasteiger partial charge in [0.25, 0.3) is 0 Å². The van der Waals surface area contributed by atoms with Gasteiger partial charge in [-0.1, -0.05) is 24.3 Å². The summed E-state index contributed by atoms with van der Waals surface area (Å²) in [6.07, 6.45) is 1.14. The number of aldehydes is 1. The highest BCUT2D eigenvalue weighted by atomic mass is 19.1. The van der Waals surface area contributed by atoms with Crippen molar-refractivity contribution < 1.29 is 23.4 Å². The minimum atomic E-state index is -0.373. The summed E-state index contributed by atoms with van der Waals surface area (Å²) < 4.78 is 30.8. The van der Waals surface area contributed by atoms with Crippen molar-refractivity contribution in [2.24, 2.45) is 0 Å². The second-order valence-corrected chi connectivity index (χ2v) is 7.31. The van der Waals surface area contributed by atoms with Crippen LogP contribution >= 0.6 is 0 Å². The molecule has 3 rings (SSSR count). The van der Waals surface area contributed by atoms with Crippen LogP contribution in [0.5, 0.6) is 17.2 Å². The largest absolute Gasteiger partial charge is 0.497 e. The van der Waals surface area contributed by atoms with E-state index in [0.29, 0.717) is 43.2 Å². The van der Waals surface area contributed by atoms with Crippen molar-refractivity contribution in [3.05, 3.63) is 78.1 Å². The van der Waals surface area contributed by atoms with E-state index in [4.69, 9.17) is 14.2 Å². The van der Waals surface area contributed by atoms with Crippen molar-refractivity contribution in [3.63, 3.8) is 0 Å². The van der Waals surface area contributed by atoms with E-state index in [2.05, 4.69) is 12.2 Å². The summed E-state index contributed by atoms with van der Waals surface area (Å²) in [5, 5.41) is 3.40. The SMILES string of the molecule is COc1cccc([C@@H](C)NCCOc2cc(F)cc(-c3cccc(OCCC=O)c3)c2)c1. The molecule has 32 heavy (non-hydrogen) atoms. The molecule has 5 nitrogen and oxygen atoms in total. The van der Waals surface area contributed by atoms with Crippen LogP contribution in [0.4, 0.5) is 4.39 Å². The molecule has 0 aliphatic carbocycles. The highest BCUT2D eigenvalue weighted by Crippen LogP contribution is 2.28. The number of rotatable bonds is 12. The molecule has 1 atom stereocenters. The molecule has 0 unspecified atom stereocenters. The molecule has 0 spiro atoms. The lowest BCUT2D eigenvalue weighted by Gasteiger charge is -2.16. The van der Waals surface area contributed by atoms with E-state index in [-0.39, 0.29) is 11.9 Å². The van der Waals surface area contributed by atoms with Crippen molar-refractivity contribution in [1.82, 2.24) is 5.32 Å². The molecule has 3 aromatic carbocycles. The average molecular weight is 438 g/mol.